The Morgan fingerprint density at radius 3 is 2.17 bits per heavy atom. The molecule has 1 aliphatic carbocycles. The van der Waals surface area contributed by atoms with E-state index in [4.69, 9.17) is 9.47 Å². The number of carbonyl (C=O) groups excluding carboxylic acids is 1. The predicted molar refractivity (Wildman–Crippen MR) is 159 cm³/mol. The monoisotopic (exact) mass is 692 g/mol. The first kappa shape index (κ1) is 35.9. The molecule has 5 nitrogen and oxygen atoms in total. The molecule has 14 heteroatoms. The number of ether oxygens (including phenoxy) is 2. The van der Waals surface area contributed by atoms with Crippen LogP contribution < -0.4 is 4.74 Å². The standard InChI is InChI=1S/C34H37F9N2O3/c1-19-29(21-13-23(32(35,36)37)15-24(14-21)33(38,39)40)48-30(46)45(19)18-22-16-31(2,3)10-9-25(22)26-12-20(7-8-27(26)47-4)17-44-11-5-6-28(44)34(41,42)43/h7-8,12-15,19,28-29H,5-6,9-11,16-18H2,1-4H3/t19-,28?,29-/m0/s1. The first-order valence-electron chi connectivity index (χ1n) is 15.6. The number of rotatable bonds is 7. The molecule has 2 aliphatic heterocycles. The smallest absolute Gasteiger partial charge is 0.416 e. The minimum absolute atomic E-state index is 0.0178. The lowest BCUT2D eigenvalue weighted by atomic mass is 9.72. The molecule has 0 aromatic heterocycles. The summed E-state index contributed by atoms with van der Waals surface area (Å²) in [5, 5.41) is 0. The molecular formula is C34H37F9N2O3. The van der Waals surface area contributed by atoms with Crippen LogP contribution in [0.15, 0.2) is 42.0 Å². The summed E-state index contributed by atoms with van der Waals surface area (Å²) in [5.74, 6) is 0.485. The number of hydrogen-bond acceptors (Lipinski definition) is 4. The van der Waals surface area contributed by atoms with Crippen LogP contribution in [0.4, 0.5) is 44.3 Å². The van der Waals surface area contributed by atoms with Crippen molar-refractivity contribution in [3.05, 3.63) is 69.8 Å². The molecule has 2 heterocycles. The number of alkyl halides is 9. The van der Waals surface area contributed by atoms with Gasteiger partial charge >= 0.3 is 24.6 Å². The van der Waals surface area contributed by atoms with E-state index >= 15 is 0 Å². The molecule has 264 valence electrons. The number of amides is 1. The van der Waals surface area contributed by atoms with E-state index < -0.39 is 59.5 Å². The normalized spacial score (nSPS) is 24.0. The number of benzene rings is 2. The summed E-state index contributed by atoms with van der Waals surface area (Å²) in [7, 11) is 1.47. The van der Waals surface area contributed by atoms with E-state index in [-0.39, 0.29) is 31.0 Å². The minimum atomic E-state index is -5.06. The SMILES string of the molecule is COc1ccc(CN2CCCC2C(F)(F)F)cc1C1=C(CN2C(=O)O[C@H](c3cc(C(F)(F)F)cc(C(F)(F)F)c3)[C@@H]2C)CC(C)(C)CC1. The predicted octanol–water partition coefficient (Wildman–Crippen LogP) is 9.81. The molecule has 2 aromatic carbocycles. The van der Waals surface area contributed by atoms with E-state index in [0.717, 1.165) is 17.6 Å². The molecule has 0 bridgehead atoms. The van der Waals surface area contributed by atoms with Crippen LogP contribution in [0, 0.1) is 5.41 Å². The van der Waals surface area contributed by atoms with Crippen LogP contribution in [0.3, 0.4) is 0 Å². The van der Waals surface area contributed by atoms with Crippen LogP contribution in [0.2, 0.25) is 0 Å². The highest BCUT2D eigenvalue weighted by Crippen LogP contribution is 2.47. The topological polar surface area (TPSA) is 42.0 Å². The quantitative estimate of drug-likeness (QED) is 0.271. The number of cyclic esters (lactones) is 1. The maximum atomic E-state index is 13.7. The molecule has 2 saturated heterocycles. The zero-order valence-electron chi connectivity index (χ0n) is 26.9. The Balaban J connectivity index is 1.49. The molecule has 0 saturated carbocycles. The van der Waals surface area contributed by atoms with Crippen molar-refractivity contribution in [3.63, 3.8) is 0 Å². The molecule has 0 N–H and O–H groups in total. The van der Waals surface area contributed by atoms with Crippen LogP contribution in [0.5, 0.6) is 5.75 Å². The minimum Gasteiger partial charge on any atom is -0.496 e. The average molecular weight is 693 g/mol. The maximum absolute atomic E-state index is 13.7. The van der Waals surface area contributed by atoms with Crippen molar-refractivity contribution in [2.75, 3.05) is 20.2 Å². The van der Waals surface area contributed by atoms with Gasteiger partial charge in [-0.25, -0.2) is 4.79 Å². The van der Waals surface area contributed by atoms with E-state index in [1.165, 1.54) is 23.8 Å². The lowest BCUT2D eigenvalue weighted by Gasteiger charge is -2.36. The molecule has 2 aromatic rings. The van der Waals surface area contributed by atoms with Crippen molar-refractivity contribution in [3.8, 4) is 5.75 Å². The fourth-order valence-corrected chi connectivity index (χ4v) is 7.11. The van der Waals surface area contributed by atoms with Crippen molar-refractivity contribution in [2.45, 2.75) is 96.1 Å². The van der Waals surface area contributed by atoms with Gasteiger partial charge in [0.2, 0.25) is 0 Å². The van der Waals surface area contributed by atoms with Gasteiger partial charge in [0.1, 0.15) is 17.9 Å². The number of carbonyl (C=O) groups is 1. The summed E-state index contributed by atoms with van der Waals surface area (Å²) < 4.78 is 134. The van der Waals surface area contributed by atoms with Crippen molar-refractivity contribution in [1.29, 1.82) is 0 Å². The molecule has 0 spiro atoms. The van der Waals surface area contributed by atoms with Gasteiger partial charge in [0, 0.05) is 18.7 Å². The van der Waals surface area contributed by atoms with Crippen molar-refractivity contribution < 1.29 is 53.8 Å². The highest BCUT2D eigenvalue weighted by molar-refractivity contribution is 5.77. The van der Waals surface area contributed by atoms with Crippen LogP contribution >= 0.6 is 0 Å². The molecular weight excluding hydrogens is 655 g/mol. The summed E-state index contributed by atoms with van der Waals surface area (Å²) in [6.07, 6.45) is -14.5. The van der Waals surface area contributed by atoms with Crippen molar-refractivity contribution in [2.24, 2.45) is 5.41 Å². The second-order valence-electron chi connectivity index (χ2n) is 13.6. The van der Waals surface area contributed by atoms with Gasteiger partial charge in [-0.15, -0.1) is 0 Å². The average Bonchev–Trinajstić information content (AvgIpc) is 3.56. The summed E-state index contributed by atoms with van der Waals surface area (Å²) in [4.78, 5) is 15.9. The molecule has 0 radical (unpaired) electrons. The fourth-order valence-electron chi connectivity index (χ4n) is 7.11. The lowest BCUT2D eigenvalue weighted by molar-refractivity contribution is -0.177. The lowest BCUT2D eigenvalue weighted by Crippen LogP contribution is -2.40. The van der Waals surface area contributed by atoms with E-state index in [9.17, 15) is 44.3 Å². The Morgan fingerprint density at radius 2 is 1.58 bits per heavy atom. The first-order chi connectivity index (χ1) is 22.2. The second kappa shape index (κ2) is 12.8. The zero-order valence-corrected chi connectivity index (χ0v) is 26.9. The number of methoxy groups -OCH3 is 1. The summed E-state index contributed by atoms with van der Waals surface area (Å²) in [5.41, 5.74) is -0.721. The number of allylic oxidation sites excluding steroid dienone is 1. The fraction of sp³-hybridized carbons (Fsp3) is 0.559. The van der Waals surface area contributed by atoms with Gasteiger partial charge in [0.05, 0.1) is 24.3 Å². The van der Waals surface area contributed by atoms with E-state index in [1.807, 2.05) is 13.8 Å². The van der Waals surface area contributed by atoms with E-state index in [1.54, 1.807) is 18.2 Å². The Labute approximate surface area is 272 Å². The third-order valence-corrected chi connectivity index (χ3v) is 9.58. The van der Waals surface area contributed by atoms with Crippen LogP contribution in [0.1, 0.15) is 86.8 Å². The molecule has 5 rings (SSSR count). The molecule has 1 unspecified atom stereocenters. The number of likely N-dealkylation sites (tertiary alicyclic amines) is 1. The summed E-state index contributed by atoms with van der Waals surface area (Å²) in [6.45, 7) is 5.95. The van der Waals surface area contributed by atoms with Gasteiger partial charge in [0.15, 0.2) is 0 Å². The molecule has 48 heavy (non-hydrogen) atoms. The molecule has 3 aliphatic rings. The van der Waals surface area contributed by atoms with Crippen molar-refractivity contribution >= 4 is 11.7 Å². The number of hydrogen-bond donors (Lipinski definition) is 0. The maximum Gasteiger partial charge on any atom is 0.416 e. The Hall–Kier alpha value is -3.42. The van der Waals surface area contributed by atoms with Gasteiger partial charge in [-0.05, 0) is 104 Å². The third-order valence-electron chi connectivity index (χ3n) is 9.58. The van der Waals surface area contributed by atoms with Gasteiger partial charge in [-0.1, -0.05) is 19.9 Å². The third kappa shape index (κ3) is 7.58. The van der Waals surface area contributed by atoms with Crippen LogP contribution in [-0.4, -0.2) is 54.4 Å². The van der Waals surface area contributed by atoms with Gasteiger partial charge in [-0.3, -0.25) is 9.80 Å². The Kier molecular flexibility index (Phi) is 9.56. The summed E-state index contributed by atoms with van der Waals surface area (Å²) in [6, 6.07) is 3.92. The zero-order chi connectivity index (χ0) is 35.4. The van der Waals surface area contributed by atoms with E-state index in [0.29, 0.717) is 54.8 Å². The van der Waals surface area contributed by atoms with Gasteiger partial charge in [-0.2, -0.15) is 39.5 Å². The number of nitrogens with zero attached hydrogens (tertiary/aromatic N) is 2. The highest BCUT2D eigenvalue weighted by atomic mass is 19.4. The highest BCUT2D eigenvalue weighted by Gasteiger charge is 2.46. The summed E-state index contributed by atoms with van der Waals surface area (Å²) >= 11 is 0. The first-order valence-corrected chi connectivity index (χ1v) is 15.6. The molecule has 2 fully saturated rings. The van der Waals surface area contributed by atoms with Gasteiger partial charge < -0.3 is 9.47 Å². The Bertz CT molecular complexity index is 1530. The second-order valence-corrected chi connectivity index (χ2v) is 13.6. The van der Waals surface area contributed by atoms with Gasteiger partial charge in [0.25, 0.3) is 0 Å². The molecule has 3 atom stereocenters. The van der Waals surface area contributed by atoms with Crippen molar-refractivity contribution in [1.82, 2.24) is 9.80 Å². The van der Waals surface area contributed by atoms with Crippen LogP contribution in [0.25, 0.3) is 5.57 Å². The Morgan fingerprint density at radius 1 is 0.938 bits per heavy atom. The van der Waals surface area contributed by atoms with E-state index in [2.05, 4.69) is 0 Å². The largest absolute Gasteiger partial charge is 0.496 e. The number of halogens is 9. The van der Waals surface area contributed by atoms with Crippen LogP contribution in [-0.2, 0) is 23.6 Å². The molecule has 1 amide bonds.